The van der Waals surface area contributed by atoms with Gasteiger partial charge >= 0.3 is 0 Å². The van der Waals surface area contributed by atoms with Crippen molar-refractivity contribution in [3.63, 3.8) is 0 Å². The molecule has 11 heavy (non-hydrogen) atoms. The van der Waals surface area contributed by atoms with Gasteiger partial charge in [0.05, 0.1) is 0 Å². The van der Waals surface area contributed by atoms with Gasteiger partial charge in [-0.1, -0.05) is 0 Å². The summed E-state index contributed by atoms with van der Waals surface area (Å²) in [5.41, 5.74) is 0.637. The number of hydrogen-bond acceptors (Lipinski definition) is 3. The third-order valence-electron chi connectivity index (χ3n) is 1.24. The van der Waals surface area contributed by atoms with Gasteiger partial charge in [0.15, 0.2) is 5.82 Å². The number of aromatic nitrogens is 4. The highest BCUT2D eigenvalue weighted by atomic mass is 14.9. The Labute approximate surface area is 63.4 Å². The lowest BCUT2D eigenvalue weighted by molar-refractivity contribution is 1.15. The van der Waals surface area contributed by atoms with Crippen molar-refractivity contribution in [1.29, 1.82) is 0 Å². The molecule has 0 atom stereocenters. The van der Waals surface area contributed by atoms with Crippen molar-refractivity contribution in [1.82, 2.24) is 19.9 Å². The fraction of sp³-hybridized carbons (Fsp3) is 0. The largest absolute Gasteiger partial charge is 0.343 e. The van der Waals surface area contributed by atoms with Crippen LogP contribution in [-0.4, -0.2) is 19.9 Å². The maximum absolute atomic E-state index is 4.01. The number of hydrogen-bond donors (Lipinski definition) is 1. The molecule has 2 rings (SSSR count). The van der Waals surface area contributed by atoms with Crippen LogP contribution in [0.2, 0.25) is 0 Å². The molecule has 0 unspecified atom stereocenters. The molecule has 0 saturated heterocycles. The smallest absolute Gasteiger partial charge is 0.158 e. The molecule has 0 aliphatic carbocycles. The molecule has 2 heterocycles. The van der Waals surface area contributed by atoms with Gasteiger partial charge < -0.3 is 4.98 Å². The van der Waals surface area contributed by atoms with Gasteiger partial charge in [0.2, 0.25) is 0 Å². The number of H-pyrrole nitrogens is 1. The highest BCUT2D eigenvalue weighted by molar-refractivity contribution is 5.45. The molecule has 1 N–H and O–H groups in total. The Morgan fingerprint density at radius 3 is 2.82 bits per heavy atom. The van der Waals surface area contributed by atoms with E-state index in [0.29, 0.717) is 11.5 Å². The van der Waals surface area contributed by atoms with E-state index < -0.39 is 0 Å². The molecule has 0 saturated carbocycles. The van der Waals surface area contributed by atoms with Crippen molar-refractivity contribution in [3.05, 3.63) is 31.0 Å². The summed E-state index contributed by atoms with van der Waals surface area (Å²) in [5, 5.41) is 0. The van der Waals surface area contributed by atoms with Crippen LogP contribution < -0.4 is 0 Å². The molecule has 4 nitrogen and oxygen atoms in total. The molecule has 1 radical (unpaired) electrons. The minimum Gasteiger partial charge on any atom is -0.343 e. The van der Waals surface area contributed by atoms with E-state index in [1.807, 2.05) is 0 Å². The van der Waals surface area contributed by atoms with Crippen LogP contribution in [0.4, 0.5) is 0 Å². The van der Waals surface area contributed by atoms with Crippen molar-refractivity contribution in [2.24, 2.45) is 0 Å². The summed E-state index contributed by atoms with van der Waals surface area (Å²) in [5.74, 6) is 0.693. The summed E-state index contributed by atoms with van der Waals surface area (Å²) < 4.78 is 0. The minimum absolute atomic E-state index is 0.637. The van der Waals surface area contributed by atoms with Crippen molar-refractivity contribution in [2.75, 3.05) is 0 Å². The lowest BCUT2D eigenvalue weighted by Gasteiger charge is -1.90. The first-order valence-electron chi connectivity index (χ1n) is 3.15. The Kier molecular flexibility index (Phi) is 1.37. The monoisotopic (exact) mass is 145 g/mol. The summed E-state index contributed by atoms with van der Waals surface area (Å²) in [4.78, 5) is 14.7. The van der Waals surface area contributed by atoms with Crippen molar-refractivity contribution < 1.29 is 0 Å². The van der Waals surface area contributed by atoms with E-state index in [1.54, 1.807) is 24.8 Å². The lowest BCUT2D eigenvalue weighted by atomic mass is 10.4. The van der Waals surface area contributed by atoms with Crippen LogP contribution in [0.25, 0.3) is 11.5 Å². The topological polar surface area (TPSA) is 54.5 Å². The van der Waals surface area contributed by atoms with Gasteiger partial charge in [-0.2, -0.15) is 0 Å². The molecule has 53 valence electrons. The standard InChI is InChI=1S/C7H5N4/c1-2-9-6(5-8-1)7-10-3-4-11-7/h1-4H,(H,10,11). The van der Waals surface area contributed by atoms with Gasteiger partial charge in [-0.05, 0) is 0 Å². The van der Waals surface area contributed by atoms with E-state index in [9.17, 15) is 0 Å². The van der Waals surface area contributed by atoms with Crippen LogP contribution >= 0.6 is 0 Å². The van der Waals surface area contributed by atoms with E-state index in [1.165, 1.54) is 0 Å². The molecular formula is C7H5N4. The molecule has 0 amide bonds. The number of nitrogens with zero attached hydrogens (tertiary/aromatic N) is 3. The highest BCUT2D eigenvalue weighted by Crippen LogP contribution is 2.05. The van der Waals surface area contributed by atoms with E-state index in [4.69, 9.17) is 0 Å². The molecule has 0 bridgehead atoms. The zero-order valence-electron chi connectivity index (χ0n) is 5.65. The van der Waals surface area contributed by atoms with Gasteiger partial charge in [-0.15, -0.1) is 0 Å². The summed E-state index contributed by atoms with van der Waals surface area (Å²) >= 11 is 0. The molecule has 0 aliphatic rings. The summed E-state index contributed by atoms with van der Waals surface area (Å²) in [6, 6.07) is 0. The second-order valence-corrected chi connectivity index (χ2v) is 1.95. The van der Waals surface area contributed by atoms with Crippen LogP contribution in [0.15, 0.2) is 24.8 Å². The third-order valence-corrected chi connectivity index (χ3v) is 1.24. The van der Waals surface area contributed by atoms with Gasteiger partial charge in [-0.25, -0.2) is 9.97 Å². The van der Waals surface area contributed by atoms with Crippen LogP contribution in [0.1, 0.15) is 0 Å². The van der Waals surface area contributed by atoms with Crippen molar-refractivity contribution in [2.45, 2.75) is 0 Å². The van der Waals surface area contributed by atoms with Crippen LogP contribution in [0.3, 0.4) is 0 Å². The van der Waals surface area contributed by atoms with Gasteiger partial charge in [-0.3, -0.25) is 4.98 Å². The van der Waals surface area contributed by atoms with E-state index in [2.05, 4.69) is 26.1 Å². The average molecular weight is 145 g/mol. The zero-order chi connectivity index (χ0) is 7.52. The summed E-state index contributed by atoms with van der Waals surface area (Å²) in [6.07, 6.45) is 9.30. The second-order valence-electron chi connectivity index (χ2n) is 1.95. The normalized spacial score (nSPS) is 9.82. The molecular weight excluding hydrogens is 140 g/mol. The Morgan fingerprint density at radius 2 is 2.18 bits per heavy atom. The van der Waals surface area contributed by atoms with Crippen LogP contribution in [0.5, 0.6) is 0 Å². The molecule has 2 aromatic heterocycles. The molecule has 0 spiro atoms. The molecule has 2 aromatic rings. The first-order valence-corrected chi connectivity index (χ1v) is 3.15. The fourth-order valence-corrected chi connectivity index (χ4v) is 0.777. The maximum Gasteiger partial charge on any atom is 0.158 e. The van der Waals surface area contributed by atoms with E-state index in [-0.39, 0.29) is 0 Å². The maximum atomic E-state index is 4.01. The fourth-order valence-electron chi connectivity index (χ4n) is 0.777. The lowest BCUT2D eigenvalue weighted by Crippen LogP contribution is -1.85. The van der Waals surface area contributed by atoms with Gasteiger partial charge in [0.25, 0.3) is 0 Å². The third kappa shape index (κ3) is 1.10. The Balaban J connectivity index is 2.46. The van der Waals surface area contributed by atoms with Crippen molar-refractivity contribution >= 4 is 0 Å². The number of aromatic amines is 1. The summed E-state index contributed by atoms with van der Waals surface area (Å²) in [6.45, 7) is 0. The molecule has 4 heteroatoms. The second kappa shape index (κ2) is 2.49. The Bertz CT molecular complexity index is 313. The van der Waals surface area contributed by atoms with Crippen molar-refractivity contribution in [3.8, 4) is 11.5 Å². The minimum atomic E-state index is 0.637. The summed E-state index contributed by atoms with van der Waals surface area (Å²) in [7, 11) is 0. The highest BCUT2D eigenvalue weighted by Gasteiger charge is 1.98. The zero-order valence-corrected chi connectivity index (χ0v) is 5.65. The quantitative estimate of drug-likeness (QED) is 0.641. The average Bonchev–Trinajstić information content (AvgIpc) is 2.58. The Morgan fingerprint density at radius 1 is 1.18 bits per heavy atom. The SMILES string of the molecule is [c]1nccnc1-c1ncc[nH]1. The van der Waals surface area contributed by atoms with Crippen LogP contribution in [0, 0.1) is 6.20 Å². The Hall–Kier alpha value is -1.71. The predicted octanol–water partition coefficient (Wildman–Crippen LogP) is 0.667. The number of rotatable bonds is 1. The van der Waals surface area contributed by atoms with Crippen LogP contribution in [-0.2, 0) is 0 Å². The number of imidazole rings is 1. The molecule has 0 aliphatic heterocycles. The first-order chi connectivity index (χ1) is 5.47. The first kappa shape index (κ1) is 6.03. The molecule has 0 aromatic carbocycles. The van der Waals surface area contributed by atoms with E-state index in [0.717, 1.165) is 0 Å². The predicted molar refractivity (Wildman–Crippen MR) is 38.4 cm³/mol. The van der Waals surface area contributed by atoms with E-state index >= 15 is 0 Å². The number of nitrogens with one attached hydrogen (secondary N) is 1. The van der Waals surface area contributed by atoms with Gasteiger partial charge in [0, 0.05) is 24.8 Å². The van der Waals surface area contributed by atoms with Gasteiger partial charge in [0.1, 0.15) is 11.9 Å². The molecule has 0 fully saturated rings.